The van der Waals surface area contributed by atoms with Gasteiger partial charge in [-0.3, -0.25) is 9.78 Å². The van der Waals surface area contributed by atoms with Crippen LogP contribution in [0.5, 0.6) is 0 Å². The van der Waals surface area contributed by atoms with Crippen molar-refractivity contribution in [3.8, 4) is 0 Å². The summed E-state index contributed by atoms with van der Waals surface area (Å²) < 4.78 is 17.1. The average molecular weight is 420 g/mol. The van der Waals surface area contributed by atoms with E-state index in [4.69, 9.17) is 0 Å². The van der Waals surface area contributed by atoms with E-state index in [1.165, 1.54) is 0 Å². The minimum Gasteiger partial charge on any atom is -0.369 e. The first-order valence-corrected chi connectivity index (χ1v) is 10.7. The largest absolute Gasteiger partial charge is 0.369 e. The Morgan fingerprint density at radius 3 is 2.81 bits per heavy atom. The minimum atomic E-state index is -0.285. The summed E-state index contributed by atoms with van der Waals surface area (Å²) in [5, 5.41) is 0. The highest BCUT2D eigenvalue weighted by molar-refractivity contribution is 6.25. The molecule has 31 heavy (non-hydrogen) atoms. The van der Waals surface area contributed by atoms with E-state index in [0.717, 1.165) is 36.6 Å². The molecule has 1 aliphatic carbocycles. The molecule has 1 aliphatic heterocycles. The van der Waals surface area contributed by atoms with E-state index in [0.29, 0.717) is 41.4 Å². The Kier molecular flexibility index (Phi) is 4.85. The lowest BCUT2D eigenvalue weighted by atomic mass is 10.0. The van der Waals surface area contributed by atoms with Crippen molar-refractivity contribution in [3.05, 3.63) is 59.1 Å². The van der Waals surface area contributed by atoms with E-state index in [2.05, 4.69) is 39.8 Å². The van der Waals surface area contributed by atoms with Gasteiger partial charge in [-0.1, -0.05) is 0 Å². The monoisotopic (exact) mass is 419 g/mol. The molecule has 0 N–H and O–H groups in total. The van der Waals surface area contributed by atoms with Gasteiger partial charge in [-0.25, -0.2) is 9.37 Å². The molecule has 1 saturated heterocycles. The smallest absolute Gasteiger partial charge is 0.165 e. The number of benzene rings is 1. The summed E-state index contributed by atoms with van der Waals surface area (Å²) >= 11 is 0. The Bertz CT molecular complexity index is 1210. The summed E-state index contributed by atoms with van der Waals surface area (Å²) in [6, 6.07) is 4.08. The lowest BCUT2D eigenvalue weighted by Gasteiger charge is -2.39. The van der Waals surface area contributed by atoms with Crippen molar-refractivity contribution in [2.45, 2.75) is 32.7 Å². The quantitative estimate of drug-likeness (QED) is 0.638. The normalized spacial score (nSPS) is 20.0. The van der Waals surface area contributed by atoms with Crippen LogP contribution < -0.4 is 4.90 Å². The number of nitrogens with zero attached hydrogens (tertiary/aromatic N) is 5. The summed E-state index contributed by atoms with van der Waals surface area (Å²) in [7, 11) is 2.12. The number of hydrogen-bond donors (Lipinski definition) is 0. The molecule has 0 saturated carbocycles. The van der Waals surface area contributed by atoms with E-state index in [1.54, 1.807) is 18.3 Å². The molecule has 1 atom stereocenters. The molecule has 160 valence electrons. The van der Waals surface area contributed by atoms with Gasteiger partial charge in [-0.15, -0.1) is 0 Å². The number of carbonyl (C=O) groups is 1. The molecule has 0 bridgehead atoms. The van der Waals surface area contributed by atoms with Crippen LogP contribution in [0.1, 0.15) is 35.9 Å². The van der Waals surface area contributed by atoms with Crippen LogP contribution in [0.4, 0.5) is 10.1 Å². The molecule has 2 aliphatic rings. The number of rotatable bonds is 2. The zero-order valence-electron chi connectivity index (χ0n) is 18.1. The number of carbonyl (C=O) groups excluding carboxylic acids is 1. The van der Waals surface area contributed by atoms with Crippen molar-refractivity contribution in [2.75, 3.05) is 31.6 Å². The van der Waals surface area contributed by atoms with E-state index in [-0.39, 0.29) is 11.6 Å². The van der Waals surface area contributed by atoms with Crippen LogP contribution in [0, 0.1) is 12.7 Å². The fourth-order valence-electron chi connectivity index (χ4n) is 4.45. The maximum atomic E-state index is 15.3. The van der Waals surface area contributed by atoms with Crippen molar-refractivity contribution in [1.29, 1.82) is 0 Å². The van der Waals surface area contributed by atoms with Gasteiger partial charge in [-0.2, -0.15) is 0 Å². The molecule has 0 amide bonds. The van der Waals surface area contributed by atoms with E-state index in [9.17, 15) is 4.79 Å². The van der Waals surface area contributed by atoms with Crippen molar-refractivity contribution in [3.63, 3.8) is 0 Å². The van der Waals surface area contributed by atoms with E-state index in [1.807, 2.05) is 23.7 Å². The summed E-state index contributed by atoms with van der Waals surface area (Å²) in [5.41, 5.74) is 4.82. The zero-order valence-corrected chi connectivity index (χ0v) is 18.1. The minimum absolute atomic E-state index is 0.0153. The van der Waals surface area contributed by atoms with Gasteiger partial charge in [0.05, 0.1) is 17.6 Å². The highest BCUT2D eigenvalue weighted by atomic mass is 19.1. The number of likely N-dealkylation sites (N-methyl/N-ethyl adjacent to an activating group) is 1. The van der Waals surface area contributed by atoms with E-state index >= 15 is 4.39 Å². The second-order valence-corrected chi connectivity index (χ2v) is 8.68. The third-order valence-corrected chi connectivity index (χ3v) is 6.48. The summed E-state index contributed by atoms with van der Waals surface area (Å²) in [6.45, 7) is 6.77. The number of allylic oxidation sites excluding steroid dienone is 1. The Morgan fingerprint density at radius 2 is 2.00 bits per heavy atom. The summed E-state index contributed by atoms with van der Waals surface area (Å²) in [4.78, 5) is 26.3. The van der Waals surface area contributed by atoms with Crippen molar-refractivity contribution in [1.82, 2.24) is 19.3 Å². The van der Waals surface area contributed by atoms with Crippen LogP contribution >= 0.6 is 0 Å². The van der Waals surface area contributed by atoms with Gasteiger partial charge in [0, 0.05) is 61.3 Å². The predicted molar refractivity (Wildman–Crippen MR) is 120 cm³/mol. The molecule has 3 aromatic rings. The van der Waals surface area contributed by atoms with E-state index < -0.39 is 0 Å². The highest BCUT2D eigenvalue weighted by Gasteiger charge is 2.25. The Balaban J connectivity index is 1.54. The van der Waals surface area contributed by atoms with Crippen LogP contribution in [0.15, 0.2) is 30.7 Å². The fourth-order valence-corrected chi connectivity index (χ4v) is 4.45. The van der Waals surface area contributed by atoms with Gasteiger partial charge in [0.2, 0.25) is 0 Å². The average Bonchev–Trinajstić information content (AvgIpc) is 3.07. The van der Waals surface area contributed by atoms with Crippen molar-refractivity contribution >= 4 is 28.8 Å². The topological polar surface area (TPSA) is 53.7 Å². The number of aryl methyl sites for hydroxylation is 2. The Labute approximate surface area is 181 Å². The maximum absolute atomic E-state index is 15.3. The Hall–Kier alpha value is -3.06. The first kappa shape index (κ1) is 19.9. The molecule has 1 aromatic carbocycles. The molecule has 3 heterocycles. The van der Waals surface area contributed by atoms with Gasteiger partial charge in [0.15, 0.2) is 11.4 Å². The molecule has 7 heteroatoms. The number of anilines is 1. The number of halogens is 1. The standard InChI is InChI=1S/C24H26FN5O/c1-15-12-30-14-22(27-24(30)11-26-15)20-10-19-17(4-5-23(20)31)8-18(9-21(19)25)29-7-6-28(3)16(2)13-29/h8-12,14,16H,4-7,13H2,1-3H3/t16-/m0/s1. The molecule has 6 nitrogen and oxygen atoms in total. The van der Waals surface area contributed by atoms with Gasteiger partial charge >= 0.3 is 0 Å². The molecule has 1 fully saturated rings. The zero-order chi connectivity index (χ0) is 21.7. The first-order chi connectivity index (χ1) is 14.9. The second kappa shape index (κ2) is 7.57. The first-order valence-electron chi connectivity index (χ1n) is 10.7. The lowest BCUT2D eigenvalue weighted by Crippen LogP contribution is -2.50. The molecule has 2 aromatic heterocycles. The number of ketones is 1. The van der Waals surface area contributed by atoms with Crippen LogP contribution in [-0.2, 0) is 11.2 Å². The molecule has 5 rings (SSSR count). The van der Waals surface area contributed by atoms with Crippen LogP contribution in [0.25, 0.3) is 17.3 Å². The third kappa shape index (κ3) is 3.63. The molecule has 0 spiro atoms. The van der Waals surface area contributed by atoms with Gasteiger partial charge in [0.25, 0.3) is 0 Å². The lowest BCUT2D eigenvalue weighted by molar-refractivity contribution is -0.113. The van der Waals surface area contributed by atoms with Crippen LogP contribution in [0.2, 0.25) is 0 Å². The predicted octanol–water partition coefficient (Wildman–Crippen LogP) is 3.37. The number of piperazine rings is 1. The number of hydrogen-bond acceptors (Lipinski definition) is 5. The van der Waals surface area contributed by atoms with Gasteiger partial charge < -0.3 is 14.2 Å². The summed E-state index contributed by atoms with van der Waals surface area (Å²) in [5.74, 6) is -0.300. The van der Waals surface area contributed by atoms with Gasteiger partial charge in [0.1, 0.15) is 5.82 Å². The van der Waals surface area contributed by atoms with Crippen molar-refractivity contribution < 1.29 is 9.18 Å². The molecular formula is C24H26FN5O. The Morgan fingerprint density at radius 1 is 1.16 bits per heavy atom. The maximum Gasteiger partial charge on any atom is 0.165 e. The molecule has 0 unspecified atom stereocenters. The SMILES string of the molecule is Cc1cn2cc(C3=Cc4c(F)cc(N5CCN(C)[C@@H](C)C5)cc4CCC3=O)nc2cn1. The number of fused-ring (bicyclic) bond motifs is 2. The molecular weight excluding hydrogens is 393 g/mol. The van der Waals surface area contributed by atoms with Crippen LogP contribution in [-0.4, -0.2) is 57.8 Å². The fraction of sp³-hybridized carbons (Fsp3) is 0.375. The third-order valence-electron chi connectivity index (χ3n) is 6.48. The summed E-state index contributed by atoms with van der Waals surface area (Å²) in [6.07, 6.45) is 7.90. The second-order valence-electron chi connectivity index (χ2n) is 8.68. The van der Waals surface area contributed by atoms with Crippen molar-refractivity contribution in [2.24, 2.45) is 0 Å². The number of imidazole rings is 1. The number of aromatic nitrogens is 3. The van der Waals surface area contributed by atoms with Gasteiger partial charge in [-0.05, 0) is 51.1 Å². The number of Topliss-reactive ketones (excluding diaryl/α,β-unsaturated/α-hetero) is 1. The van der Waals surface area contributed by atoms with Crippen LogP contribution in [0.3, 0.4) is 0 Å². The molecule has 0 radical (unpaired) electrons. The highest BCUT2D eigenvalue weighted by Crippen LogP contribution is 2.32.